The first-order valence-electron chi connectivity index (χ1n) is 9.73. The Bertz CT molecular complexity index is 499. The van der Waals surface area contributed by atoms with E-state index < -0.39 is 0 Å². The molecule has 1 saturated carbocycles. The maximum absolute atomic E-state index is 5.91. The van der Waals surface area contributed by atoms with Crippen LogP contribution < -0.4 is 5.32 Å². The van der Waals surface area contributed by atoms with Gasteiger partial charge in [-0.2, -0.15) is 5.10 Å². The van der Waals surface area contributed by atoms with E-state index in [2.05, 4.69) is 41.7 Å². The van der Waals surface area contributed by atoms with E-state index in [0.29, 0.717) is 24.7 Å². The normalized spacial score (nSPS) is 26.8. The van der Waals surface area contributed by atoms with Gasteiger partial charge in [-0.1, -0.05) is 19.3 Å². The summed E-state index contributed by atoms with van der Waals surface area (Å²) in [5.74, 6) is 0. The molecule has 1 aliphatic heterocycles. The molecule has 24 heavy (non-hydrogen) atoms. The third-order valence-electron chi connectivity index (χ3n) is 5.33. The van der Waals surface area contributed by atoms with E-state index >= 15 is 0 Å². The second-order valence-electron chi connectivity index (χ2n) is 7.79. The molecule has 5 nitrogen and oxygen atoms in total. The van der Waals surface area contributed by atoms with Crippen molar-refractivity contribution in [1.82, 2.24) is 20.0 Å². The Morgan fingerprint density at radius 3 is 2.58 bits per heavy atom. The maximum atomic E-state index is 5.91. The number of nitrogens with zero attached hydrogens (tertiary/aromatic N) is 3. The summed E-state index contributed by atoms with van der Waals surface area (Å²) < 4.78 is 8.16. The predicted octanol–water partition coefficient (Wildman–Crippen LogP) is 2.90. The highest BCUT2D eigenvalue weighted by Crippen LogP contribution is 2.28. The van der Waals surface area contributed by atoms with Crippen LogP contribution >= 0.6 is 0 Å². The molecule has 2 heterocycles. The largest absolute Gasteiger partial charge is 0.374 e. The highest BCUT2D eigenvalue weighted by Gasteiger charge is 2.21. The van der Waals surface area contributed by atoms with Gasteiger partial charge in [-0.25, -0.2) is 0 Å². The Morgan fingerprint density at radius 1 is 1.17 bits per heavy atom. The van der Waals surface area contributed by atoms with Crippen LogP contribution in [0, 0.1) is 6.92 Å². The Labute approximate surface area is 146 Å². The SMILES string of the molecule is Cc1cc(COCCN2C[C@@H](C)N[C@@H](C)C2)nn1C1CCCCC1. The number of nitrogens with one attached hydrogen (secondary N) is 1. The van der Waals surface area contributed by atoms with E-state index in [4.69, 9.17) is 9.84 Å². The molecule has 1 saturated heterocycles. The van der Waals surface area contributed by atoms with Gasteiger partial charge in [0.1, 0.15) is 0 Å². The molecule has 0 amide bonds. The van der Waals surface area contributed by atoms with Crippen LogP contribution in [0.1, 0.15) is 63.4 Å². The Balaban J connectivity index is 1.42. The molecule has 136 valence electrons. The average Bonchev–Trinajstić information content (AvgIpc) is 2.92. The van der Waals surface area contributed by atoms with E-state index in [9.17, 15) is 0 Å². The third kappa shape index (κ3) is 4.80. The van der Waals surface area contributed by atoms with Crippen LogP contribution in [0.5, 0.6) is 0 Å². The van der Waals surface area contributed by atoms with Gasteiger partial charge in [-0.15, -0.1) is 0 Å². The lowest BCUT2D eigenvalue weighted by molar-refractivity contribution is 0.0745. The first kappa shape index (κ1) is 17.9. The fraction of sp³-hybridized carbons (Fsp3) is 0.842. The maximum Gasteiger partial charge on any atom is 0.0907 e. The average molecular weight is 335 g/mol. The molecule has 0 unspecified atom stereocenters. The lowest BCUT2D eigenvalue weighted by atomic mass is 9.95. The zero-order valence-electron chi connectivity index (χ0n) is 15.6. The summed E-state index contributed by atoms with van der Waals surface area (Å²) in [5, 5.41) is 8.38. The quantitative estimate of drug-likeness (QED) is 0.812. The van der Waals surface area contributed by atoms with E-state index in [1.807, 2.05) is 0 Å². The molecule has 1 N–H and O–H groups in total. The third-order valence-corrected chi connectivity index (χ3v) is 5.33. The van der Waals surface area contributed by atoms with Crippen LogP contribution in [-0.2, 0) is 11.3 Å². The summed E-state index contributed by atoms with van der Waals surface area (Å²) in [6.07, 6.45) is 6.63. The van der Waals surface area contributed by atoms with E-state index in [1.165, 1.54) is 37.8 Å². The summed E-state index contributed by atoms with van der Waals surface area (Å²) in [7, 11) is 0. The molecule has 3 rings (SSSR count). The standard InChI is InChI=1S/C19H34N4O/c1-15-12-22(13-16(2)20-15)9-10-24-14-18-11-17(3)23(21-18)19-7-5-4-6-8-19/h11,15-16,19-20H,4-10,12-14H2,1-3H3/t15-,16+. The lowest BCUT2D eigenvalue weighted by Crippen LogP contribution is -2.54. The highest BCUT2D eigenvalue weighted by molar-refractivity contribution is 5.09. The van der Waals surface area contributed by atoms with Crippen LogP contribution in [0.2, 0.25) is 0 Å². The topological polar surface area (TPSA) is 42.3 Å². The van der Waals surface area contributed by atoms with Gasteiger partial charge in [0.2, 0.25) is 0 Å². The van der Waals surface area contributed by atoms with Gasteiger partial charge >= 0.3 is 0 Å². The van der Waals surface area contributed by atoms with E-state index in [0.717, 1.165) is 31.9 Å². The summed E-state index contributed by atoms with van der Waals surface area (Å²) in [6.45, 7) is 11.3. The molecule has 1 aromatic rings. The van der Waals surface area contributed by atoms with Crippen molar-refractivity contribution in [3.8, 4) is 0 Å². The molecule has 0 aromatic carbocycles. The molecule has 0 bridgehead atoms. The second kappa shape index (κ2) is 8.45. The van der Waals surface area contributed by atoms with Gasteiger partial charge in [0.05, 0.1) is 24.9 Å². The fourth-order valence-corrected chi connectivity index (χ4v) is 4.31. The van der Waals surface area contributed by atoms with Crippen LogP contribution in [0.15, 0.2) is 6.07 Å². The minimum absolute atomic E-state index is 0.572. The summed E-state index contributed by atoms with van der Waals surface area (Å²) in [4.78, 5) is 2.50. The van der Waals surface area contributed by atoms with Crippen molar-refractivity contribution < 1.29 is 4.74 Å². The molecule has 1 aromatic heterocycles. The molecule has 0 spiro atoms. The smallest absolute Gasteiger partial charge is 0.0907 e. The minimum Gasteiger partial charge on any atom is -0.374 e. The molecule has 2 fully saturated rings. The van der Waals surface area contributed by atoms with Crippen molar-refractivity contribution in [2.45, 2.75) is 77.6 Å². The monoisotopic (exact) mass is 334 g/mol. The van der Waals surface area contributed by atoms with Crippen molar-refractivity contribution in [1.29, 1.82) is 0 Å². The van der Waals surface area contributed by atoms with Crippen LogP contribution in [0.4, 0.5) is 0 Å². The van der Waals surface area contributed by atoms with Crippen molar-refractivity contribution in [2.24, 2.45) is 0 Å². The summed E-state index contributed by atoms with van der Waals surface area (Å²) in [6, 6.07) is 3.95. The summed E-state index contributed by atoms with van der Waals surface area (Å²) in [5.41, 5.74) is 2.37. The highest BCUT2D eigenvalue weighted by atomic mass is 16.5. The molecule has 1 aliphatic carbocycles. The van der Waals surface area contributed by atoms with E-state index in [1.54, 1.807) is 0 Å². The first-order chi connectivity index (χ1) is 11.6. The van der Waals surface area contributed by atoms with Crippen LogP contribution in [0.3, 0.4) is 0 Å². The molecule has 2 atom stereocenters. The number of hydrogen-bond donors (Lipinski definition) is 1. The molecule has 2 aliphatic rings. The van der Waals surface area contributed by atoms with E-state index in [-0.39, 0.29) is 0 Å². The number of aryl methyl sites for hydroxylation is 1. The summed E-state index contributed by atoms with van der Waals surface area (Å²) >= 11 is 0. The number of piperazine rings is 1. The number of hydrogen-bond acceptors (Lipinski definition) is 4. The minimum atomic E-state index is 0.572. The number of ether oxygens (including phenoxy) is 1. The zero-order chi connectivity index (χ0) is 16.9. The van der Waals surface area contributed by atoms with Crippen molar-refractivity contribution >= 4 is 0 Å². The molecule has 0 radical (unpaired) electrons. The predicted molar refractivity (Wildman–Crippen MR) is 97.2 cm³/mol. The van der Waals surface area contributed by atoms with Gasteiger partial charge < -0.3 is 10.1 Å². The molecular weight excluding hydrogens is 300 g/mol. The molecular formula is C19H34N4O. The van der Waals surface area contributed by atoms with Crippen LogP contribution in [0.25, 0.3) is 0 Å². The Hall–Kier alpha value is -0.910. The molecule has 5 heteroatoms. The number of rotatable bonds is 6. The number of aromatic nitrogens is 2. The van der Waals surface area contributed by atoms with Gasteiger partial charge in [0, 0.05) is 37.4 Å². The first-order valence-corrected chi connectivity index (χ1v) is 9.73. The Morgan fingerprint density at radius 2 is 1.88 bits per heavy atom. The lowest BCUT2D eigenvalue weighted by Gasteiger charge is -2.35. The van der Waals surface area contributed by atoms with Gasteiger partial charge in [-0.05, 0) is 39.7 Å². The Kier molecular flexibility index (Phi) is 6.31. The van der Waals surface area contributed by atoms with Gasteiger partial charge in [0.15, 0.2) is 0 Å². The van der Waals surface area contributed by atoms with Gasteiger partial charge in [0.25, 0.3) is 0 Å². The second-order valence-corrected chi connectivity index (χ2v) is 7.79. The van der Waals surface area contributed by atoms with Crippen molar-refractivity contribution in [2.75, 3.05) is 26.2 Å². The van der Waals surface area contributed by atoms with Crippen LogP contribution in [-0.4, -0.2) is 53.0 Å². The van der Waals surface area contributed by atoms with Crippen molar-refractivity contribution in [3.63, 3.8) is 0 Å². The fourth-order valence-electron chi connectivity index (χ4n) is 4.31. The van der Waals surface area contributed by atoms with Crippen molar-refractivity contribution in [3.05, 3.63) is 17.5 Å². The van der Waals surface area contributed by atoms with Gasteiger partial charge in [-0.3, -0.25) is 9.58 Å². The zero-order valence-corrected chi connectivity index (χ0v) is 15.6.